The Bertz CT molecular complexity index is 605. The van der Waals surface area contributed by atoms with Gasteiger partial charge in [-0.05, 0) is 31.0 Å². The first-order valence-corrected chi connectivity index (χ1v) is 6.50. The summed E-state index contributed by atoms with van der Waals surface area (Å²) in [7, 11) is 0. The van der Waals surface area contributed by atoms with Crippen LogP contribution in [0.15, 0.2) is 28.7 Å². The minimum Gasteiger partial charge on any atom is -0.412 e. The van der Waals surface area contributed by atoms with Gasteiger partial charge in [0.2, 0.25) is 5.89 Å². The Labute approximate surface area is 115 Å². The van der Waals surface area contributed by atoms with E-state index in [2.05, 4.69) is 10.2 Å². The maximum absolute atomic E-state index is 12.1. The zero-order valence-corrected chi connectivity index (χ0v) is 10.9. The molecule has 6 heteroatoms. The SMILES string of the molecule is O=C(c1nnc(-c2cccc(Cl)c2)o1)N1CCCC1. The number of aromatic nitrogens is 2. The molecular weight excluding hydrogens is 266 g/mol. The normalized spacial score (nSPS) is 14.9. The van der Waals surface area contributed by atoms with Crippen LogP contribution in [0, 0.1) is 0 Å². The summed E-state index contributed by atoms with van der Waals surface area (Å²) in [6, 6.07) is 7.09. The summed E-state index contributed by atoms with van der Waals surface area (Å²) in [4.78, 5) is 13.8. The molecule has 0 N–H and O–H groups in total. The van der Waals surface area contributed by atoms with Gasteiger partial charge in [-0.25, -0.2) is 0 Å². The average Bonchev–Trinajstić information content (AvgIpc) is 3.10. The van der Waals surface area contributed by atoms with E-state index >= 15 is 0 Å². The molecule has 0 radical (unpaired) electrons. The predicted molar refractivity (Wildman–Crippen MR) is 69.9 cm³/mol. The lowest BCUT2D eigenvalue weighted by molar-refractivity contribution is 0.0754. The van der Waals surface area contributed by atoms with Gasteiger partial charge < -0.3 is 9.32 Å². The van der Waals surface area contributed by atoms with Gasteiger partial charge in [-0.3, -0.25) is 4.79 Å². The van der Waals surface area contributed by atoms with E-state index < -0.39 is 0 Å². The molecule has 2 aromatic rings. The van der Waals surface area contributed by atoms with Gasteiger partial charge in [0.1, 0.15) is 0 Å². The van der Waals surface area contributed by atoms with Gasteiger partial charge in [0.05, 0.1) is 0 Å². The molecule has 0 spiro atoms. The highest BCUT2D eigenvalue weighted by atomic mass is 35.5. The fourth-order valence-corrected chi connectivity index (χ4v) is 2.29. The Balaban J connectivity index is 1.85. The van der Waals surface area contributed by atoms with Crippen LogP contribution in [-0.2, 0) is 0 Å². The lowest BCUT2D eigenvalue weighted by Gasteiger charge is -2.11. The third-order valence-electron chi connectivity index (χ3n) is 3.07. The second kappa shape index (κ2) is 5.01. The maximum Gasteiger partial charge on any atom is 0.311 e. The van der Waals surface area contributed by atoms with Crippen molar-refractivity contribution in [3.05, 3.63) is 35.2 Å². The molecule has 1 amide bonds. The monoisotopic (exact) mass is 277 g/mol. The Hall–Kier alpha value is -1.88. The second-order valence-corrected chi connectivity index (χ2v) is 4.86. The van der Waals surface area contributed by atoms with Crippen LogP contribution in [-0.4, -0.2) is 34.1 Å². The van der Waals surface area contributed by atoms with Crippen LogP contribution in [0.25, 0.3) is 11.5 Å². The van der Waals surface area contributed by atoms with Crippen molar-refractivity contribution in [2.24, 2.45) is 0 Å². The van der Waals surface area contributed by atoms with Gasteiger partial charge in [0.15, 0.2) is 0 Å². The fraction of sp³-hybridized carbons (Fsp3) is 0.308. The van der Waals surface area contributed by atoms with E-state index in [1.54, 1.807) is 23.1 Å². The molecule has 0 unspecified atom stereocenters. The average molecular weight is 278 g/mol. The molecule has 0 saturated carbocycles. The zero-order valence-electron chi connectivity index (χ0n) is 10.2. The Kier molecular flexibility index (Phi) is 3.21. The number of nitrogens with zero attached hydrogens (tertiary/aromatic N) is 3. The summed E-state index contributed by atoms with van der Waals surface area (Å²) in [5.74, 6) is 0.153. The summed E-state index contributed by atoms with van der Waals surface area (Å²) < 4.78 is 5.43. The molecule has 3 rings (SSSR count). The van der Waals surface area contributed by atoms with Crippen LogP contribution in [0.3, 0.4) is 0 Å². The molecule has 1 aromatic carbocycles. The van der Waals surface area contributed by atoms with Crippen LogP contribution < -0.4 is 0 Å². The molecule has 5 nitrogen and oxygen atoms in total. The highest BCUT2D eigenvalue weighted by Gasteiger charge is 2.24. The number of amides is 1. The molecule has 1 saturated heterocycles. The number of halogens is 1. The van der Waals surface area contributed by atoms with Crippen LogP contribution in [0.2, 0.25) is 5.02 Å². The first kappa shape index (κ1) is 12.2. The smallest absolute Gasteiger partial charge is 0.311 e. The van der Waals surface area contributed by atoms with E-state index in [9.17, 15) is 4.79 Å². The first-order chi connectivity index (χ1) is 9.24. The largest absolute Gasteiger partial charge is 0.412 e. The summed E-state index contributed by atoms with van der Waals surface area (Å²) in [5.41, 5.74) is 0.709. The molecular formula is C13H12ClN3O2. The van der Waals surface area contributed by atoms with Gasteiger partial charge in [0.25, 0.3) is 0 Å². The third-order valence-corrected chi connectivity index (χ3v) is 3.31. The molecule has 0 aliphatic carbocycles. The Morgan fingerprint density at radius 3 is 2.79 bits per heavy atom. The van der Waals surface area contributed by atoms with Crippen molar-refractivity contribution in [3.8, 4) is 11.5 Å². The van der Waals surface area contributed by atoms with E-state index in [1.807, 2.05) is 6.07 Å². The van der Waals surface area contributed by atoms with Crippen LogP contribution in [0.5, 0.6) is 0 Å². The first-order valence-electron chi connectivity index (χ1n) is 6.13. The highest BCUT2D eigenvalue weighted by molar-refractivity contribution is 6.30. The predicted octanol–water partition coefficient (Wildman–Crippen LogP) is 2.63. The van der Waals surface area contributed by atoms with Crippen molar-refractivity contribution in [2.75, 3.05) is 13.1 Å². The minimum absolute atomic E-state index is 0.0388. The molecule has 0 atom stereocenters. The van der Waals surface area contributed by atoms with E-state index in [0.717, 1.165) is 25.9 Å². The van der Waals surface area contributed by atoms with Gasteiger partial charge in [-0.1, -0.05) is 17.7 Å². The molecule has 98 valence electrons. The van der Waals surface area contributed by atoms with Crippen LogP contribution in [0.1, 0.15) is 23.5 Å². The maximum atomic E-state index is 12.1. The van der Waals surface area contributed by atoms with E-state index in [-0.39, 0.29) is 11.8 Å². The Morgan fingerprint density at radius 1 is 1.26 bits per heavy atom. The summed E-state index contributed by atoms with van der Waals surface area (Å²) in [5, 5.41) is 8.30. The van der Waals surface area contributed by atoms with Crippen molar-refractivity contribution in [1.82, 2.24) is 15.1 Å². The molecule has 2 heterocycles. The molecule has 0 bridgehead atoms. The fourth-order valence-electron chi connectivity index (χ4n) is 2.10. The molecule has 1 fully saturated rings. The number of benzene rings is 1. The van der Waals surface area contributed by atoms with Gasteiger partial charge in [-0.2, -0.15) is 0 Å². The van der Waals surface area contributed by atoms with Crippen LogP contribution >= 0.6 is 11.6 Å². The van der Waals surface area contributed by atoms with Gasteiger partial charge in [0, 0.05) is 23.7 Å². The van der Waals surface area contributed by atoms with Crippen molar-refractivity contribution >= 4 is 17.5 Å². The van der Waals surface area contributed by atoms with Gasteiger partial charge >= 0.3 is 11.8 Å². The molecule has 1 aliphatic heterocycles. The molecule has 1 aromatic heterocycles. The molecule has 1 aliphatic rings. The highest BCUT2D eigenvalue weighted by Crippen LogP contribution is 2.22. The standard InChI is InChI=1S/C13H12ClN3O2/c14-10-5-3-4-9(8-10)11-15-16-12(19-11)13(18)17-6-1-2-7-17/h3-5,8H,1-2,6-7H2. The van der Waals surface area contributed by atoms with E-state index in [1.165, 1.54) is 0 Å². The van der Waals surface area contributed by atoms with Crippen LogP contribution in [0.4, 0.5) is 0 Å². The zero-order chi connectivity index (χ0) is 13.2. The summed E-state index contributed by atoms with van der Waals surface area (Å²) in [6.07, 6.45) is 2.06. The molecule has 19 heavy (non-hydrogen) atoms. The minimum atomic E-state index is -0.196. The number of hydrogen-bond donors (Lipinski definition) is 0. The third kappa shape index (κ3) is 2.46. The van der Waals surface area contributed by atoms with Gasteiger partial charge in [-0.15, -0.1) is 10.2 Å². The van der Waals surface area contributed by atoms with Crippen molar-refractivity contribution in [1.29, 1.82) is 0 Å². The number of carbonyl (C=O) groups is 1. The summed E-state index contributed by atoms with van der Waals surface area (Å²) in [6.45, 7) is 1.52. The lowest BCUT2D eigenvalue weighted by atomic mass is 10.2. The van der Waals surface area contributed by atoms with Crippen molar-refractivity contribution in [3.63, 3.8) is 0 Å². The summed E-state index contributed by atoms with van der Waals surface area (Å²) >= 11 is 5.90. The number of likely N-dealkylation sites (tertiary alicyclic amines) is 1. The van der Waals surface area contributed by atoms with Crippen molar-refractivity contribution < 1.29 is 9.21 Å². The lowest BCUT2D eigenvalue weighted by Crippen LogP contribution is -2.27. The number of hydrogen-bond acceptors (Lipinski definition) is 4. The van der Waals surface area contributed by atoms with E-state index in [4.69, 9.17) is 16.0 Å². The second-order valence-electron chi connectivity index (χ2n) is 4.42. The number of rotatable bonds is 2. The topological polar surface area (TPSA) is 59.2 Å². The number of carbonyl (C=O) groups excluding carboxylic acids is 1. The Morgan fingerprint density at radius 2 is 2.05 bits per heavy atom. The van der Waals surface area contributed by atoms with Crippen molar-refractivity contribution in [2.45, 2.75) is 12.8 Å². The van der Waals surface area contributed by atoms with E-state index in [0.29, 0.717) is 16.5 Å². The quantitative estimate of drug-likeness (QED) is 0.847.